The summed E-state index contributed by atoms with van der Waals surface area (Å²) in [5.41, 5.74) is 2.19. The number of carbonyl (C=O) groups excluding carboxylic acids is 1. The number of hydrogen-bond acceptors (Lipinski definition) is 3. The maximum absolute atomic E-state index is 12.7. The first-order chi connectivity index (χ1) is 13.5. The van der Waals surface area contributed by atoms with Crippen LogP contribution >= 0.6 is 0 Å². The van der Waals surface area contributed by atoms with E-state index in [9.17, 15) is 13.2 Å². The van der Waals surface area contributed by atoms with E-state index < -0.39 is 10.0 Å². The summed E-state index contributed by atoms with van der Waals surface area (Å²) in [5, 5.41) is 2.94. The highest BCUT2D eigenvalue weighted by Gasteiger charge is 2.31. The normalized spacial score (nSPS) is 17.9. The SMILES string of the molecule is O=C(NCc1ccccc1)[C@@H]1CCCN(S(=O)(=O)CCCc2ccccc2)C1. The molecule has 1 fully saturated rings. The molecule has 1 aliphatic rings. The quantitative estimate of drug-likeness (QED) is 0.741. The van der Waals surface area contributed by atoms with E-state index >= 15 is 0 Å². The lowest BCUT2D eigenvalue weighted by Gasteiger charge is -2.31. The Morgan fingerprint density at radius 1 is 1.00 bits per heavy atom. The average Bonchev–Trinajstić information content (AvgIpc) is 2.73. The molecule has 0 saturated carbocycles. The first kappa shape index (κ1) is 20.6. The number of nitrogens with one attached hydrogen (secondary N) is 1. The molecule has 1 amide bonds. The zero-order chi connectivity index (χ0) is 19.8. The van der Waals surface area contributed by atoms with Crippen LogP contribution in [-0.2, 0) is 27.8 Å². The number of aryl methyl sites for hydroxylation is 1. The molecule has 1 saturated heterocycles. The molecule has 0 unspecified atom stereocenters. The van der Waals surface area contributed by atoms with E-state index in [4.69, 9.17) is 0 Å². The molecule has 0 bridgehead atoms. The van der Waals surface area contributed by atoms with Crippen molar-refractivity contribution in [2.45, 2.75) is 32.2 Å². The van der Waals surface area contributed by atoms with Gasteiger partial charge < -0.3 is 5.32 Å². The van der Waals surface area contributed by atoms with Gasteiger partial charge in [-0.2, -0.15) is 0 Å². The zero-order valence-corrected chi connectivity index (χ0v) is 16.9. The first-order valence-corrected chi connectivity index (χ1v) is 11.5. The summed E-state index contributed by atoms with van der Waals surface area (Å²) < 4.78 is 26.9. The molecule has 6 heteroatoms. The highest BCUT2D eigenvalue weighted by molar-refractivity contribution is 7.89. The highest BCUT2D eigenvalue weighted by Crippen LogP contribution is 2.20. The molecule has 2 aromatic rings. The minimum atomic E-state index is -3.33. The molecular formula is C22H28N2O3S. The van der Waals surface area contributed by atoms with E-state index in [0.717, 1.165) is 30.4 Å². The summed E-state index contributed by atoms with van der Waals surface area (Å²) in [6.07, 6.45) is 2.79. The minimum Gasteiger partial charge on any atom is -0.352 e. The Kier molecular flexibility index (Phi) is 7.23. The van der Waals surface area contributed by atoms with Gasteiger partial charge in [0.2, 0.25) is 15.9 Å². The van der Waals surface area contributed by atoms with Crippen molar-refractivity contribution in [3.05, 3.63) is 71.8 Å². The second-order valence-electron chi connectivity index (χ2n) is 7.31. The lowest BCUT2D eigenvalue weighted by atomic mass is 9.99. The van der Waals surface area contributed by atoms with Gasteiger partial charge in [-0.1, -0.05) is 60.7 Å². The zero-order valence-electron chi connectivity index (χ0n) is 16.1. The van der Waals surface area contributed by atoms with Gasteiger partial charge in [0, 0.05) is 19.6 Å². The van der Waals surface area contributed by atoms with Gasteiger partial charge in [0.1, 0.15) is 0 Å². The summed E-state index contributed by atoms with van der Waals surface area (Å²) in [7, 11) is -3.33. The van der Waals surface area contributed by atoms with Crippen molar-refractivity contribution in [2.24, 2.45) is 5.92 Å². The predicted molar refractivity (Wildman–Crippen MR) is 111 cm³/mol. The van der Waals surface area contributed by atoms with Crippen LogP contribution in [0.5, 0.6) is 0 Å². The van der Waals surface area contributed by atoms with Crippen LogP contribution in [0.1, 0.15) is 30.4 Å². The minimum absolute atomic E-state index is 0.0620. The third kappa shape index (κ3) is 5.91. The molecule has 2 aromatic carbocycles. The van der Waals surface area contributed by atoms with Crippen LogP contribution in [0.25, 0.3) is 0 Å². The monoisotopic (exact) mass is 400 g/mol. The van der Waals surface area contributed by atoms with Crippen molar-refractivity contribution < 1.29 is 13.2 Å². The van der Waals surface area contributed by atoms with Gasteiger partial charge in [-0.05, 0) is 36.8 Å². The first-order valence-electron chi connectivity index (χ1n) is 9.88. The number of sulfonamides is 1. The van der Waals surface area contributed by atoms with Crippen molar-refractivity contribution in [3.63, 3.8) is 0 Å². The average molecular weight is 401 g/mol. The molecule has 1 aliphatic heterocycles. The lowest BCUT2D eigenvalue weighted by molar-refractivity contribution is -0.126. The summed E-state index contributed by atoms with van der Waals surface area (Å²) in [5.74, 6) is -0.213. The maximum atomic E-state index is 12.7. The van der Waals surface area contributed by atoms with Crippen LogP contribution in [0.15, 0.2) is 60.7 Å². The van der Waals surface area contributed by atoms with Crippen LogP contribution in [0.3, 0.4) is 0 Å². The fourth-order valence-electron chi connectivity index (χ4n) is 3.57. The standard InChI is InChI=1S/C22H28N2O3S/c25-22(23-17-20-11-5-2-6-12-20)21-14-7-15-24(18-21)28(26,27)16-8-13-19-9-3-1-4-10-19/h1-6,9-12,21H,7-8,13-18H2,(H,23,25)/t21-/m1/s1. The van der Waals surface area contributed by atoms with E-state index in [1.165, 1.54) is 4.31 Å². The second kappa shape index (κ2) is 9.85. The van der Waals surface area contributed by atoms with Gasteiger partial charge in [-0.15, -0.1) is 0 Å². The van der Waals surface area contributed by atoms with Gasteiger partial charge in [-0.3, -0.25) is 4.79 Å². The molecule has 0 aromatic heterocycles. The van der Waals surface area contributed by atoms with Crippen molar-refractivity contribution in [2.75, 3.05) is 18.8 Å². The van der Waals surface area contributed by atoms with Crippen LogP contribution in [0.4, 0.5) is 0 Å². The third-order valence-corrected chi connectivity index (χ3v) is 7.09. The topological polar surface area (TPSA) is 66.5 Å². The van der Waals surface area contributed by atoms with E-state index in [-0.39, 0.29) is 24.1 Å². The fourth-order valence-corrected chi connectivity index (χ4v) is 5.15. The molecule has 0 radical (unpaired) electrons. The fraction of sp³-hybridized carbons (Fsp3) is 0.409. The van der Waals surface area contributed by atoms with Crippen LogP contribution < -0.4 is 5.32 Å². The molecule has 5 nitrogen and oxygen atoms in total. The van der Waals surface area contributed by atoms with E-state index in [1.807, 2.05) is 60.7 Å². The maximum Gasteiger partial charge on any atom is 0.224 e. The molecule has 1 N–H and O–H groups in total. The number of rotatable bonds is 8. The molecule has 3 rings (SSSR count). The molecule has 0 spiro atoms. The van der Waals surface area contributed by atoms with E-state index in [0.29, 0.717) is 19.5 Å². The smallest absolute Gasteiger partial charge is 0.224 e. The molecule has 1 heterocycles. The molecule has 0 aliphatic carbocycles. The van der Waals surface area contributed by atoms with Crippen LogP contribution in [-0.4, -0.2) is 37.5 Å². The van der Waals surface area contributed by atoms with Gasteiger partial charge in [0.25, 0.3) is 0 Å². The molecular weight excluding hydrogens is 372 g/mol. The molecule has 150 valence electrons. The van der Waals surface area contributed by atoms with Crippen molar-refractivity contribution in [3.8, 4) is 0 Å². The Morgan fingerprint density at radius 2 is 1.64 bits per heavy atom. The molecule has 28 heavy (non-hydrogen) atoms. The van der Waals surface area contributed by atoms with Crippen molar-refractivity contribution in [1.29, 1.82) is 0 Å². The summed E-state index contributed by atoms with van der Waals surface area (Å²) >= 11 is 0. The van der Waals surface area contributed by atoms with E-state index in [1.54, 1.807) is 0 Å². The van der Waals surface area contributed by atoms with Gasteiger partial charge in [-0.25, -0.2) is 12.7 Å². The Labute approximate surface area is 167 Å². The molecule has 1 atom stereocenters. The second-order valence-corrected chi connectivity index (χ2v) is 9.39. The number of benzene rings is 2. The Hall–Kier alpha value is -2.18. The van der Waals surface area contributed by atoms with Gasteiger partial charge in [0.15, 0.2) is 0 Å². The number of carbonyl (C=O) groups is 1. The summed E-state index contributed by atoms with van der Waals surface area (Å²) in [6, 6.07) is 19.7. The lowest BCUT2D eigenvalue weighted by Crippen LogP contribution is -2.46. The highest BCUT2D eigenvalue weighted by atomic mass is 32.2. The van der Waals surface area contributed by atoms with Gasteiger partial charge >= 0.3 is 0 Å². The summed E-state index contributed by atoms with van der Waals surface area (Å²) in [4.78, 5) is 12.5. The Morgan fingerprint density at radius 3 is 2.32 bits per heavy atom. The van der Waals surface area contributed by atoms with Crippen molar-refractivity contribution in [1.82, 2.24) is 9.62 Å². The van der Waals surface area contributed by atoms with Crippen LogP contribution in [0, 0.1) is 5.92 Å². The number of amides is 1. The van der Waals surface area contributed by atoms with Crippen molar-refractivity contribution >= 4 is 15.9 Å². The Balaban J connectivity index is 1.49. The van der Waals surface area contributed by atoms with E-state index in [2.05, 4.69) is 5.32 Å². The number of hydrogen-bond donors (Lipinski definition) is 1. The van der Waals surface area contributed by atoms with Gasteiger partial charge in [0.05, 0.1) is 11.7 Å². The number of piperidine rings is 1. The van der Waals surface area contributed by atoms with Crippen LogP contribution in [0.2, 0.25) is 0 Å². The number of nitrogens with zero attached hydrogens (tertiary/aromatic N) is 1. The summed E-state index contributed by atoms with van der Waals surface area (Å²) in [6.45, 7) is 1.27. The Bertz CT molecular complexity index is 854. The third-order valence-electron chi connectivity index (χ3n) is 5.17. The predicted octanol–water partition coefficient (Wildman–Crippen LogP) is 2.98. The largest absolute Gasteiger partial charge is 0.352 e.